The number of amides is 1. The Kier molecular flexibility index (Phi) is 3.36. The lowest BCUT2D eigenvalue weighted by molar-refractivity contribution is -0.139. The van der Waals surface area contributed by atoms with Crippen molar-refractivity contribution in [1.82, 2.24) is 4.90 Å². The summed E-state index contributed by atoms with van der Waals surface area (Å²) in [6.07, 6.45) is 9.06. The second-order valence-corrected chi connectivity index (χ2v) is 7.68. The minimum atomic E-state index is 0.168. The Hall–Kier alpha value is -0.570. The van der Waals surface area contributed by atoms with Gasteiger partial charge < -0.3 is 10.6 Å². The maximum absolute atomic E-state index is 12.5. The molecular formula is C16H28N2O. The molecule has 3 nitrogen and oxygen atoms in total. The van der Waals surface area contributed by atoms with E-state index in [4.69, 9.17) is 5.73 Å². The summed E-state index contributed by atoms with van der Waals surface area (Å²) in [4.78, 5) is 14.4. The molecule has 0 radical (unpaired) electrons. The lowest BCUT2D eigenvalue weighted by Gasteiger charge is -2.57. The highest BCUT2D eigenvalue weighted by Gasteiger charge is 2.51. The van der Waals surface area contributed by atoms with Crippen molar-refractivity contribution in [2.75, 3.05) is 13.6 Å². The number of nitrogens with zero attached hydrogens (tertiary/aromatic N) is 1. The molecule has 3 heteroatoms. The van der Waals surface area contributed by atoms with Crippen LogP contribution in [-0.2, 0) is 4.79 Å². The monoisotopic (exact) mass is 264 g/mol. The third-order valence-electron chi connectivity index (χ3n) is 6.09. The topological polar surface area (TPSA) is 46.3 Å². The summed E-state index contributed by atoms with van der Waals surface area (Å²) in [6.45, 7) is 2.60. The minimum Gasteiger partial charge on any atom is -0.342 e. The number of carbonyl (C=O) groups excluding carboxylic acids is 1. The van der Waals surface area contributed by atoms with E-state index in [1.807, 2.05) is 18.9 Å². The second kappa shape index (κ2) is 4.76. The molecule has 2 N–H and O–H groups in total. The van der Waals surface area contributed by atoms with Gasteiger partial charge in [0.25, 0.3) is 0 Å². The summed E-state index contributed by atoms with van der Waals surface area (Å²) in [7, 11) is 1.92. The van der Waals surface area contributed by atoms with Crippen LogP contribution < -0.4 is 5.73 Å². The molecule has 0 spiro atoms. The van der Waals surface area contributed by atoms with Gasteiger partial charge in [-0.3, -0.25) is 4.79 Å². The van der Waals surface area contributed by atoms with E-state index >= 15 is 0 Å². The Morgan fingerprint density at radius 3 is 2.11 bits per heavy atom. The van der Waals surface area contributed by atoms with Crippen molar-refractivity contribution in [3.8, 4) is 0 Å². The van der Waals surface area contributed by atoms with Gasteiger partial charge in [0.2, 0.25) is 5.91 Å². The van der Waals surface area contributed by atoms with Crippen molar-refractivity contribution in [3.63, 3.8) is 0 Å². The molecule has 0 aliphatic heterocycles. The fourth-order valence-electron chi connectivity index (χ4n) is 5.36. The Balaban J connectivity index is 1.67. The normalized spacial score (nSPS) is 41.3. The van der Waals surface area contributed by atoms with E-state index in [0.29, 0.717) is 17.9 Å². The molecule has 1 atom stereocenters. The van der Waals surface area contributed by atoms with Crippen LogP contribution in [0.4, 0.5) is 0 Å². The van der Waals surface area contributed by atoms with E-state index in [9.17, 15) is 4.79 Å². The first-order valence-electron chi connectivity index (χ1n) is 7.97. The molecule has 0 aromatic heterocycles. The van der Waals surface area contributed by atoms with Gasteiger partial charge >= 0.3 is 0 Å². The molecule has 0 aromatic carbocycles. The average Bonchev–Trinajstić information content (AvgIpc) is 2.34. The molecule has 19 heavy (non-hydrogen) atoms. The second-order valence-electron chi connectivity index (χ2n) is 7.68. The standard InChI is InChI=1S/C16H28N2O/c1-11(10-17)18(2)15(19)9-16-6-12-3-13(7-16)5-14(4-12)8-16/h11-14H,3-10,17H2,1-2H3. The third-order valence-corrected chi connectivity index (χ3v) is 6.09. The van der Waals surface area contributed by atoms with Gasteiger partial charge in [0.15, 0.2) is 0 Å². The van der Waals surface area contributed by atoms with Gasteiger partial charge in [-0.15, -0.1) is 0 Å². The molecule has 108 valence electrons. The number of hydrogen-bond donors (Lipinski definition) is 1. The number of nitrogens with two attached hydrogens (primary N) is 1. The summed E-state index contributed by atoms with van der Waals surface area (Å²) in [6, 6.07) is 0.168. The van der Waals surface area contributed by atoms with Gasteiger partial charge in [0.05, 0.1) is 0 Å². The molecule has 4 rings (SSSR count). The van der Waals surface area contributed by atoms with Crippen molar-refractivity contribution in [2.24, 2.45) is 28.9 Å². The van der Waals surface area contributed by atoms with Gasteiger partial charge in [-0.2, -0.15) is 0 Å². The Labute approximate surface area is 116 Å². The number of rotatable bonds is 4. The summed E-state index contributed by atoms with van der Waals surface area (Å²) in [5, 5.41) is 0. The molecule has 1 unspecified atom stereocenters. The zero-order chi connectivity index (χ0) is 13.6. The fourth-order valence-corrected chi connectivity index (χ4v) is 5.36. The summed E-state index contributed by atoms with van der Waals surface area (Å²) in [5.41, 5.74) is 6.03. The zero-order valence-electron chi connectivity index (χ0n) is 12.4. The highest BCUT2D eigenvalue weighted by molar-refractivity contribution is 5.77. The van der Waals surface area contributed by atoms with E-state index in [0.717, 1.165) is 24.2 Å². The SMILES string of the molecule is CC(CN)N(C)C(=O)CC12CC3CC(CC(C3)C1)C2. The van der Waals surface area contributed by atoms with Crippen LogP contribution >= 0.6 is 0 Å². The van der Waals surface area contributed by atoms with Crippen molar-refractivity contribution in [1.29, 1.82) is 0 Å². The van der Waals surface area contributed by atoms with Crippen LogP contribution in [0.2, 0.25) is 0 Å². The van der Waals surface area contributed by atoms with E-state index in [1.54, 1.807) is 0 Å². The quantitative estimate of drug-likeness (QED) is 0.847. The van der Waals surface area contributed by atoms with Gasteiger partial charge in [-0.1, -0.05) is 0 Å². The van der Waals surface area contributed by atoms with E-state index < -0.39 is 0 Å². The first-order chi connectivity index (χ1) is 9.01. The first kappa shape index (κ1) is 13.4. The maximum atomic E-state index is 12.5. The lowest BCUT2D eigenvalue weighted by atomic mass is 9.49. The summed E-state index contributed by atoms with van der Waals surface area (Å²) < 4.78 is 0. The number of likely N-dealkylation sites (N-methyl/N-ethyl adjacent to an activating group) is 1. The summed E-state index contributed by atoms with van der Waals surface area (Å²) >= 11 is 0. The largest absolute Gasteiger partial charge is 0.342 e. The van der Waals surface area contributed by atoms with E-state index in [1.165, 1.54) is 38.5 Å². The highest BCUT2D eigenvalue weighted by atomic mass is 16.2. The van der Waals surface area contributed by atoms with Gasteiger partial charge in [0.1, 0.15) is 0 Å². The average molecular weight is 264 g/mol. The first-order valence-corrected chi connectivity index (χ1v) is 7.97. The van der Waals surface area contributed by atoms with Crippen molar-refractivity contribution in [3.05, 3.63) is 0 Å². The molecule has 0 heterocycles. The Bertz CT molecular complexity index is 330. The molecule has 0 aromatic rings. The molecular weight excluding hydrogens is 236 g/mol. The lowest BCUT2D eigenvalue weighted by Crippen LogP contribution is -2.49. The highest BCUT2D eigenvalue weighted by Crippen LogP contribution is 2.61. The van der Waals surface area contributed by atoms with Crippen molar-refractivity contribution >= 4 is 5.91 Å². The maximum Gasteiger partial charge on any atom is 0.223 e. The van der Waals surface area contributed by atoms with Crippen LogP contribution in [0.5, 0.6) is 0 Å². The molecule has 4 bridgehead atoms. The smallest absolute Gasteiger partial charge is 0.223 e. The molecule has 4 aliphatic rings. The van der Waals surface area contributed by atoms with Crippen molar-refractivity contribution in [2.45, 2.75) is 57.9 Å². The predicted octanol–water partition coefficient (Wildman–Crippen LogP) is 2.40. The van der Waals surface area contributed by atoms with Crippen LogP contribution in [0.1, 0.15) is 51.9 Å². The molecule has 4 aliphatic carbocycles. The van der Waals surface area contributed by atoms with Crippen LogP contribution in [0.3, 0.4) is 0 Å². The van der Waals surface area contributed by atoms with Gasteiger partial charge in [-0.25, -0.2) is 0 Å². The zero-order valence-corrected chi connectivity index (χ0v) is 12.4. The number of carbonyl (C=O) groups is 1. The van der Waals surface area contributed by atoms with Gasteiger partial charge in [0, 0.05) is 26.1 Å². The fraction of sp³-hybridized carbons (Fsp3) is 0.938. The molecule has 4 saturated carbocycles. The van der Waals surface area contributed by atoms with Crippen LogP contribution in [-0.4, -0.2) is 30.4 Å². The minimum absolute atomic E-state index is 0.168. The summed E-state index contributed by atoms with van der Waals surface area (Å²) in [5.74, 6) is 3.10. The Morgan fingerprint density at radius 1 is 1.21 bits per heavy atom. The molecule has 4 fully saturated rings. The Morgan fingerprint density at radius 2 is 1.68 bits per heavy atom. The molecule has 0 saturated heterocycles. The van der Waals surface area contributed by atoms with E-state index in [2.05, 4.69) is 0 Å². The van der Waals surface area contributed by atoms with Crippen LogP contribution in [0.15, 0.2) is 0 Å². The van der Waals surface area contributed by atoms with E-state index in [-0.39, 0.29) is 6.04 Å². The predicted molar refractivity (Wildman–Crippen MR) is 76.5 cm³/mol. The van der Waals surface area contributed by atoms with Crippen molar-refractivity contribution < 1.29 is 4.79 Å². The molecule has 1 amide bonds. The number of hydrogen-bond acceptors (Lipinski definition) is 2. The van der Waals surface area contributed by atoms with Gasteiger partial charge in [-0.05, 0) is 68.6 Å². The third kappa shape index (κ3) is 2.42. The van der Waals surface area contributed by atoms with Crippen LogP contribution in [0, 0.1) is 23.2 Å². The van der Waals surface area contributed by atoms with Crippen LogP contribution in [0.25, 0.3) is 0 Å².